The summed E-state index contributed by atoms with van der Waals surface area (Å²) in [5.41, 5.74) is 0. The van der Waals surface area contributed by atoms with E-state index in [1.165, 1.54) is 11.9 Å². The third-order valence-corrected chi connectivity index (χ3v) is 4.19. The smallest absolute Gasteiger partial charge is 0.222 e. The van der Waals surface area contributed by atoms with Gasteiger partial charge in [0.15, 0.2) is 9.84 Å². The van der Waals surface area contributed by atoms with Crippen LogP contribution in [0.1, 0.15) is 13.3 Å². The standard InChI is InChI=1S/C8H15NO4S/c1-3-8(11)9(2)6-4-14(12,13)5-7(6)10/h6-7,10H,3-5H2,1-2H3/t6-,7-/m0/s1. The first kappa shape index (κ1) is 11.5. The van der Waals surface area contributed by atoms with Crippen LogP contribution in [0.4, 0.5) is 0 Å². The van der Waals surface area contributed by atoms with E-state index in [1.807, 2.05) is 0 Å². The highest BCUT2D eigenvalue weighted by Gasteiger charge is 2.39. The summed E-state index contributed by atoms with van der Waals surface area (Å²) in [4.78, 5) is 12.6. The molecular formula is C8H15NO4S. The third kappa shape index (κ3) is 2.24. The molecule has 1 aliphatic heterocycles. The average Bonchev–Trinajstić information content (AvgIpc) is 2.37. The zero-order valence-corrected chi connectivity index (χ0v) is 9.12. The van der Waals surface area contributed by atoms with E-state index >= 15 is 0 Å². The highest BCUT2D eigenvalue weighted by Crippen LogP contribution is 2.17. The van der Waals surface area contributed by atoms with Gasteiger partial charge in [-0.3, -0.25) is 4.79 Å². The van der Waals surface area contributed by atoms with Crippen molar-refractivity contribution in [2.45, 2.75) is 25.5 Å². The molecule has 0 bridgehead atoms. The normalized spacial score (nSPS) is 30.2. The summed E-state index contributed by atoms with van der Waals surface area (Å²) in [6.45, 7) is 1.70. The van der Waals surface area contributed by atoms with Gasteiger partial charge >= 0.3 is 0 Å². The second-order valence-electron chi connectivity index (χ2n) is 3.57. The molecule has 0 unspecified atom stereocenters. The second-order valence-corrected chi connectivity index (χ2v) is 5.72. The highest BCUT2D eigenvalue weighted by molar-refractivity contribution is 7.91. The van der Waals surface area contributed by atoms with E-state index in [0.29, 0.717) is 6.42 Å². The van der Waals surface area contributed by atoms with Crippen molar-refractivity contribution < 1.29 is 18.3 Å². The predicted molar refractivity (Wildman–Crippen MR) is 51.5 cm³/mol. The minimum atomic E-state index is -3.18. The van der Waals surface area contributed by atoms with Gasteiger partial charge in [-0.25, -0.2) is 8.42 Å². The Kier molecular flexibility index (Phi) is 3.16. The van der Waals surface area contributed by atoms with Gasteiger partial charge in [0.1, 0.15) is 0 Å². The number of amides is 1. The molecule has 0 aliphatic carbocycles. The summed E-state index contributed by atoms with van der Waals surface area (Å²) in [6, 6.07) is -0.576. The molecule has 1 heterocycles. The zero-order valence-electron chi connectivity index (χ0n) is 8.30. The van der Waals surface area contributed by atoms with Crippen molar-refractivity contribution in [3.8, 4) is 0 Å². The fraction of sp³-hybridized carbons (Fsp3) is 0.875. The van der Waals surface area contributed by atoms with Crippen molar-refractivity contribution in [3.63, 3.8) is 0 Å². The van der Waals surface area contributed by atoms with E-state index in [9.17, 15) is 18.3 Å². The topological polar surface area (TPSA) is 74.7 Å². The Morgan fingerprint density at radius 3 is 2.43 bits per heavy atom. The molecular weight excluding hydrogens is 206 g/mol. The van der Waals surface area contributed by atoms with Gasteiger partial charge in [-0.2, -0.15) is 0 Å². The molecule has 0 radical (unpaired) electrons. The zero-order chi connectivity index (χ0) is 10.9. The van der Waals surface area contributed by atoms with Crippen LogP contribution in [0.3, 0.4) is 0 Å². The minimum Gasteiger partial charge on any atom is -0.390 e. The second kappa shape index (κ2) is 3.86. The summed E-state index contributed by atoms with van der Waals surface area (Å²) in [6.07, 6.45) is -0.625. The van der Waals surface area contributed by atoms with Crippen molar-refractivity contribution in [1.82, 2.24) is 4.90 Å². The molecule has 14 heavy (non-hydrogen) atoms. The average molecular weight is 221 g/mol. The van der Waals surface area contributed by atoms with Crippen LogP contribution in [0, 0.1) is 0 Å². The third-order valence-electron chi connectivity index (χ3n) is 2.49. The molecule has 0 aromatic heterocycles. The Labute approximate surface area is 83.6 Å². The maximum absolute atomic E-state index is 11.3. The molecule has 0 aromatic rings. The van der Waals surface area contributed by atoms with Crippen LogP contribution in [-0.4, -0.2) is 55.0 Å². The van der Waals surface area contributed by atoms with Gasteiger partial charge < -0.3 is 10.0 Å². The van der Waals surface area contributed by atoms with Crippen LogP contribution in [-0.2, 0) is 14.6 Å². The molecule has 0 aromatic carbocycles. The lowest BCUT2D eigenvalue weighted by atomic mass is 10.2. The molecule has 1 saturated heterocycles. The number of rotatable bonds is 2. The number of carbonyl (C=O) groups excluding carboxylic acids is 1. The number of likely N-dealkylation sites (N-methyl/N-ethyl adjacent to an activating group) is 1. The molecule has 1 N–H and O–H groups in total. The van der Waals surface area contributed by atoms with Gasteiger partial charge in [0.25, 0.3) is 0 Å². The molecule has 6 heteroatoms. The number of aliphatic hydroxyl groups is 1. The van der Waals surface area contributed by atoms with E-state index in [1.54, 1.807) is 6.92 Å². The fourth-order valence-corrected chi connectivity index (χ4v) is 3.46. The lowest BCUT2D eigenvalue weighted by Crippen LogP contribution is -2.43. The van der Waals surface area contributed by atoms with Crippen LogP contribution < -0.4 is 0 Å². The number of nitrogens with zero attached hydrogens (tertiary/aromatic N) is 1. The van der Waals surface area contributed by atoms with Crippen molar-refractivity contribution in [1.29, 1.82) is 0 Å². The summed E-state index contributed by atoms with van der Waals surface area (Å²) in [5.74, 6) is -0.513. The Morgan fingerprint density at radius 2 is 2.07 bits per heavy atom. The SMILES string of the molecule is CCC(=O)N(C)[C@H]1CS(=O)(=O)C[C@@H]1O. The van der Waals surface area contributed by atoms with Gasteiger partial charge in [0.2, 0.25) is 5.91 Å². The van der Waals surface area contributed by atoms with Crippen LogP contribution in [0.25, 0.3) is 0 Å². The number of carbonyl (C=O) groups is 1. The molecule has 5 nitrogen and oxygen atoms in total. The largest absolute Gasteiger partial charge is 0.390 e. The van der Waals surface area contributed by atoms with Gasteiger partial charge in [-0.1, -0.05) is 6.92 Å². The van der Waals surface area contributed by atoms with E-state index in [2.05, 4.69) is 0 Å². The summed E-state index contributed by atoms with van der Waals surface area (Å²) >= 11 is 0. The van der Waals surface area contributed by atoms with E-state index < -0.39 is 22.0 Å². The Hall–Kier alpha value is -0.620. The number of hydrogen-bond acceptors (Lipinski definition) is 4. The highest BCUT2D eigenvalue weighted by atomic mass is 32.2. The van der Waals surface area contributed by atoms with Crippen molar-refractivity contribution >= 4 is 15.7 Å². The summed E-state index contributed by atoms with van der Waals surface area (Å²) in [7, 11) is -1.65. The van der Waals surface area contributed by atoms with Crippen LogP contribution in [0.5, 0.6) is 0 Å². The molecule has 1 fully saturated rings. The van der Waals surface area contributed by atoms with Crippen LogP contribution in [0.2, 0.25) is 0 Å². The maximum Gasteiger partial charge on any atom is 0.222 e. The van der Waals surface area contributed by atoms with Crippen molar-refractivity contribution in [2.24, 2.45) is 0 Å². The molecule has 1 amide bonds. The predicted octanol–water partition coefficient (Wildman–Crippen LogP) is -0.987. The molecule has 0 saturated carbocycles. The van der Waals surface area contributed by atoms with Crippen LogP contribution in [0.15, 0.2) is 0 Å². The van der Waals surface area contributed by atoms with Gasteiger partial charge in [-0.15, -0.1) is 0 Å². The first-order chi connectivity index (χ1) is 6.37. The molecule has 1 aliphatic rings. The van der Waals surface area contributed by atoms with Gasteiger partial charge in [0, 0.05) is 13.5 Å². The van der Waals surface area contributed by atoms with E-state index in [0.717, 1.165) is 0 Å². The molecule has 0 spiro atoms. The lowest BCUT2D eigenvalue weighted by molar-refractivity contribution is -0.132. The quantitative estimate of drug-likeness (QED) is 0.650. The first-order valence-corrected chi connectivity index (χ1v) is 6.33. The molecule has 2 atom stereocenters. The Bertz CT molecular complexity index is 324. The van der Waals surface area contributed by atoms with E-state index in [4.69, 9.17) is 0 Å². The summed E-state index contributed by atoms with van der Waals surface area (Å²) in [5, 5.41) is 9.47. The lowest BCUT2D eigenvalue weighted by Gasteiger charge is -2.25. The van der Waals surface area contributed by atoms with Gasteiger partial charge in [-0.05, 0) is 0 Å². The molecule has 82 valence electrons. The number of aliphatic hydroxyl groups excluding tert-OH is 1. The van der Waals surface area contributed by atoms with Gasteiger partial charge in [0.05, 0.1) is 23.7 Å². The van der Waals surface area contributed by atoms with Crippen molar-refractivity contribution in [3.05, 3.63) is 0 Å². The first-order valence-electron chi connectivity index (χ1n) is 4.51. The number of hydrogen-bond donors (Lipinski definition) is 1. The summed E-state index contributed by atoms with van der Waals surface area (Å²) < 4.78 is 22.3. The fourth-order valence-electron chi connectivity index (χ4n) is 1.61. The Morgan fingerprint density at radius 1 is 1.50 bits per heavy atom. The Balaban J connectivity index is 2.76. The minimum absolute atomic E-state index is 0.129. The number of sulfone groups is 1. The molecule has 1 rings (SSSR count). The maximum atomic E-state index is 11.3. The monoisotopic (exact) mass is 221 g/mol. The van der Waals surface area contributed by atoms with E-state index in [-0.39, 0.29) is 17.4 Å². The van der Waals surface area contributed by atoms with Crippen molar-refractivity contribution in [2.75, 3.05) is 18.6 Å². The van der Waals surface area contributed by atoms with Crippen LogP contribution >= 0.6 is 0 Å².